The minimum absolute atomic E-state index is 0.160. The maximum absolute atomic E-state index is 14.6. The standard InChI is InChI=1S/C27H35FN4O5/c28-19-11-20(22-15-32(26(35)21(22)12-19)23-5-6-24(33)30-25(23)34)18-7-9-31(10-8-18)14-17-3-1-16(2-4-17)13-29-27(36)37/h11-12,16-18,23,29H,1-10,13-15H2,(H,36,37)(H,30,33,34)/t16-,17-,23?. The molecule has 1 aliphatic carbocycles. The summed E-state index contributed by atoms with van der Waals surface area (Å²) < 4.78 is 14.6. The van der Waals surface area contributed by atoms with Gasteiger partial charge >= 0.3 is 6.09 Å². The molecule has 37 heavy (non-hydrogen) atoms. The lowest BCUT2D eigenvalue weighted by Crippen LogP contribution is -2.52. The molecule has 3 fully saturated rings. The van der Waals surface area contributed by atoms with Gasteiger partial charge < -0.3 is 20.2 Å². The number of imide groups is 1. The van der Waals surface area contributed by atoms with E-state index in [2.05, 4.69) is 15.5 Å². The zero-order chi connectivity index (χ0) is 26.1. The molecule has 200 valence electrons. The van der Waals surface area contributed by atoms with Crippen LogP contribution in [0.1, 0.15) is 78.8 Å². The van der Waals surface area contributed by atoms with Gasteiger partial charge in [-0.25, -0.2) is 9.18 Å². The Morgan fingerprint density at radius 1 is 1.03 bits per heavy atom. The minimum Gasteiger partial charge on any atom is -0.465 e. The number of amides is 4. The molecule has 2 saturated heterocycles. The predicted molar refractivity (Wildman–Crippen MR) is 132 cm³/mol. The molecule has 5 rings (SSSR count). The summed E-state index contributed by atoms with van der Waals surface area (Å²) in [6, 6.07) is 2.14. The van der Waals surface area contributed by atoms with Gasteiger partial charge in [0.05, 0.1) is 0 Å². The van der Waals surface area contributed by atoms with Crippen LogP contribution in [-0.4, -0.2) is 70.9 Å². The summed E-state index contributed by atoms with van der Waals surface area (Å²) >= 11 is 0. The Labute approximate surface area is 215 Å². The highest BCUT2D eigenvalue weighted by Crippen LogP contribution is 2.38. The number of fused-ring (bicyclic) bond motifs is 1. The van der Waals surface area contributed by atoms with Crippen molar-refractivity contribution in [1.29, 1.82) is 0 Å². The maximum Gasteiger partial charge on any atom is 0.404 e. The Kier molecular flexibility index (Phi) is 7.46. The fraction of sp³-hybridized carbons (Fsp3) is 0.630. The number of piperidine rings is 2. The molecule has 1 unspecified atom stereocenters. The largest absolute Gasteiger partial charge is 0.465 e. The van der Waals surface area contributed by atoms with Crippen LogP contribution in [-0.2, 0) is 16.1 Å². The molecule has 1 atom stereocenters. The van der Waals surface area contributed by atoms with Crippen molar-refractivity contribution in [2.75, 3.05) is 26.2 Å². The van der Waals surface area contributed by atoms with Gasteiger partial charge in [0.2, 0.25) is 11.8 Å². The summed E-state index contributed by atoms with van der Waals surface area (Å²) in [5.41, 5.74) is 2.04. The lowest BCUT2D eigenvalue weighted by molar-refractivity contribution is -0.136. The number of hydrogen-bond acceptors (Lipinski definition) is 5. The number of nitrogens with one attached hydrogen (secondary N) is 2. The van der Waals surface area contributed by atoms with Gasteiger partial charge in [0.15, 0.2) is 0 Å². The lowest BCUT2D eigenvalue weighted by Gasteiger charge is -2.37. The van der Waals surface area contributed by atoms with Crippen molar-refractivity contribution in [3.63, 3.8) is 0 Å². The first kappa shape index (κ1) is 25.6. The average Bonchev–Trinajstić information content (AvgIpc) is 3.19. The SMILES string of the molecule is O=C(O)NC[C@H]1CC[C@H](CN2CCC(c3cc(F)cc4c3CN(C3CCC(=O)NC3=O)C4=O)CC2)CC1. The molecule has 1 aromatic carbocycles. The summed E-state index contributed by atoms with van der Waals surface area (Å²) in [4.78, 5) is 51.8. The van der Waals surface area contributed by atoms with E-state index < -0.39 is 23.9 Å². The number of benzene rings is 1. The Hall–Kier alpha value is -3.01. The first-order chi connectivity index (χ1) is 17.8. The van der Waals surface area contributed by atoms with Crippen LogP contribution in [0.25, 0.3) is 0 Å². The Morgan fingerprint density at radius 3 is 2.41 bits per heavy atom. The molecule has 1 aromatic rings. The smallest absolute Gasteiger partial charge is 0.404 e. The number of nitrogens with zero attached hydrogens (tertiary/aromatic N) is 2. The van der Waals surface area contributed by atoms with Crippen molar-refractivity contribution in [1.82, 2.24) is 20.4 Å². The number of carbonyl (C=O) groups is 4. The normalized spacial score (nSPS) is 27.2. The van der Waals surface area contributed by atoms with Crippen LogP contribution >= 0.6 is 0 Å². The van der Waals surface area contributed by atoms with Crippen LogP contribution in [0.5, 0.6) is 0 Å². The van der Waals surface area contributed by atoms with Gasteiger partial charge in [0, 0.05) is 31.6 Å². The molecule has 0 radical (unpaired) electrons. The Balaban J connectivity index is 1.18. The minimum atomic E-state index is -0.956. The topological polar surface area (TPSA) is 119 Å². The number of carboxylic acid groups (broad SMARTS) is 1. The van der Waals surface area contributed by atoms with Crippen LogP contribution in [0.2, 0.25) is 0 Å². The second-order valence-electron chi connectivity index (χ2n) is 11.1. The van der Waals surface area contributed by atoms with E-state index in [9.17, 15) is 23.6 Å². The van der Waals surface area contributed by atoms with E-state index in [0.29, 0.717) is 30.4 Å². The van der Waals surface area contributed by atoms with Gasteiger partial charge in [-0.2, -0.15) is 0 Å². The number of hydrogen-bond donors (Lipinski definition) is 3. The van der Waals surface area contributed by atoms with Crippen LogP contribution in [0.4, 0.5) is 9.18 Å². The number of carbonyl (C=O) groups excluding carboxylic acids is 3. The number of halogens is 1. The highest BCUT2D eigenvalue weighted by molar-refractivity contribution is 6.05. The molecule has 3 heterocycles. The zero-order valence-electron chi connectivity index (χ0n) is 21.0. The molecule has 4 aliphatic rings. The number of likely N-dealkylation sites (tertiary alicyclic amines) is 1. The first-order valence-electron chi connectivity index (χ1n) is 13.4. The zero-order valence-corrected chi connectivity index (χ0v) is 21.0. The molecule has 3 aliphatic heterocycles. The van der Waals surface area contributed by atoms with Crippen molar-refractivity contribution in [2.24, 2.45) is 11.8 Å². The van der Waals surface area contributed by atoms with Gasteiger partial charge in [-0.1, -0.05) is 0 Å². The average molecular weight is 515 g/mol. The third-order valence-electron chi connectivity index (χ3n) is 8.71. The molecule has 4 amide bonds. The van der Waals surface area contributed by atoms with E-state index in [-0.39, 0.29) is 30.7 Å². The molecule has 0 spiro atoms. The van der Waals surface area contributed by atoms with Crippen LogP contribution in [0.3, 0.4) is 0 Å². The second-order valence-corrected chi connectivity index (χ2v) is 11.1. The summed E-state index contributed by atoms with van der Waals surface area (Å²) in [6.45, 7) is 3.68. The van der Waals surface area contributed by atoms with Crippen molar-refractivity contribution in [3.8, 4) is 0 Å². The number of rotatable bonds is 6. The van der Waals surface area contributed by atoms with Crippen molar-refractivity contribution in [3.05, 3.63) is 34.6 Å². The highest BCUT2D eigenvalue weighted by atomic mass is 19.1. The monoisotopic (exact) mass is 514 g/mol. The van der Waals surface area contributed by atoms with Gasteiger partial charge in [-0.3, -0.25) is 19.7 Å². The summed E-state index contributed by atoms with van der Waals surface area (Å²) in [6.07, 6.45) is 5.63. The Morgan fingerprint density at radius 2 is 1.73 bits per heavy atom. The van der Waals surface area contributed by atoms with E-state index in [1.54, 1.807) is 6.07 Å². The van der Waals surface area contributed by atoms with Crippen molar-refractivity contribution in [2.45, 2.75) is 69.9 Å². The van der Waals surface area contributed by atoms with Crippen molar-refractivity contribution < 1.29 is 28.7 Å². The van der Waals surface area contributed by atoms with E-state index in [1.165, 1.54) is 11.0 Å². The fourth-order valence-corrected chi connectivity index (χ4v) is 6.66. The molecule has 1 saturated carbocycles. The third-order valence-corrected chi connectivity index (χ3v) is 8.71. The highest BCUT2D eigenvalue weighted by Gasteiger charge is 2.41. The predicted octanol–water partition coefficient (Wildman–Crippen LogP) is 2.84. The summed E-state index contributed by atoms with van der Waals surface area (Å²) in [7, 11) is 0. The third kappa shape index (κ3) is 5.63. The molecule has 9 nitrogen and oxygen atoms in total. The van der Waals surface area contributed by atoms with E-state index in [1.807, 2.05) is 0 Å². The van der Waals surface area contributed by atoms with E-state index in [0.717, 1.165) is 69.3 Å². The van der Waals surface area contributed by atoms with E-state index >= 15 is 0 Å². The molecule has 10 heteroatoms. The summed E-state index contributed by atoms with van der Waals surface area (Å²) in [5, 5.41) is 13.6. The molecule has 0 bridgehead atoms. The van der Waals surface area contributed by atoms with Crippen molar-refractivity contribution >= 4 is 23.8 Å². The summed E-state index contributed by atoms with van der Waals surface area (Å²) in [5.74, 6) is -0.341. The van der Waals surface area contributed by atoms with E-state index in [4.69, 9.17) is 5.11 Å². The van der Waals surface area contributed by atoms with Crippen LogP contribution in [0.15, 0.2) is 12.1 Å². The quantitative estimate of drug-likeness (QED) is 0.503. The van der Waals surface area contributed by atoms with Gasteiger partial charge in [0.1, 0.15) is 11.9 Å². The molecular formula is C27H35FN4O5. The van der Waals surface area contributed by atoms with Gasteiger partial charge in [-0.05, 0) is 99.0 Å². The molecule has 0 aromatic heterocycles. The van der Waals surface area contributed by atoms with Gasteiger partial charge in [0.25, 0.3) is 5.91 Å². The molecule has 3 N–H and O–H groups in total. The first-order valence-corrected chi connectivity index (χ1v) is 13.4. The van der Waals surface area contributed by atoms with Crippen LogP contribution < -0.4 is 10.6 Å². The lowest BCUT2D eigenvalue weighted by atomic mass is 9.81. The fourth-order valence-electron chi connectivity index (χ4n) is 6.66. The van der Waals surface area contributed by atoms with Gasteiger partial charge in [-0.15, -0.1) is 0 Å². The maximum atomic E-state index is 14.6. The molecular weight excluding hydrogens is 479 g/mol. The Bertz CT molecular complexity index is 1080. The second kappa shape index (κ2) is 10.8. The van der Waals surface area contributed by atoms with Crippen LogP contribution in [0, 0.1) is 17.7 Å².